The number of nitrogens with zero attached hydrogens (tertiary/aromatic N) is 5. The number of hydrogen-bond donors (Lipinski definition) is 0. The van der Waals surface area contributed by atoms with E-state index in [9.17, 15) is 0 Å². The van der Waals surface area contributed by atoms with Crippen LogP contribution in [0.3, 0.4) is 0 Å². The Hall–Kier alpha value is -3.29. The highest BCUT2D eigenvalue weighted by Gasteiger charge is 2.10. The molecule has 6 nitrogen and oxygen atoms in total. The van der Waals surface area contributed by atoms with Gasteiger partial charge in [-0.15, -0.1) is 11.3 Å². The van der Waals surface area contributed by atoms with Gasteiger partial charge >= 0.3 is 0 Å². The summed E-state index contributed by atoms with van der Waals surface area (Å²) < 4.78 is 9.10. The van der Waals surface area contributed by atoms with Crippen molar-refractivity contribution in [3.8, 4) is 16.9 Å². The average molecular weight is 446 g/mol. The van der Waals surface area contributed by atoms with Crippen molar-refractivity contribution in [1.82, 2.24) is 14.2 Å². The topological polar surface area (TPSA) is 56.7 Å². The van der Waals surface area contributed by atoms with Crippen LogP contribution in [0, 0.1) is 13.8 Å². The first kappa shape index (κ1) is 21.9. The Morgan fingerprint density at radius 2 is 1.91 bits per heavy atom. The van der Waals surface area contributed by atoms with Crippen molar-refractivity contribution in [2.45, 2.75) is 20.8 Å². The third-order valence-electron chi connectivity index (χ3n) is 5.37. The summed E-state index contributed by atoms with van der Waals surface area (Å²) in [4.78, 5) is 9.68. The highest BCUT2D eigenvalue weighted by Crippen LogP contribution is 2.23. The number of benzene rings is 2. The van der Waals surface area contributed by atoms with E-state index in [1.807, 2.05) is 22.4 Å². The molecule has 2 aromatic heterocycles. The van der Waals surface area contributed by atoms with E-state index in [0.717, 1.165) is 33.0 Å². The van der Waals surface area contributed by atoms with Crippen LogP contribution in [-0.2, 0) is 4.74 Å². The molecule has 32 heavy (non-hydrogen) atoms. The number of aryl methyl sites for hydroxylation is 2. The molecule has 4 rings (SSSR count). The van der Waals surface area contributed by atoms with Crippen molar-refractivity contribution in [2.75, 3.05) is 20.3 Å². The lowest BCUT2D eigenvalue weighted by atomic mass is 10.1. The molecule has 0 bridgehead atoms. The van der Waals surface area contributed by atoms with Gasteiger partial charge in [-0.25, -0.2) is 9.66 Å². The first-order valence-electron chi connectivity index (χ1n) is 10.5. The molecule has 0 N–H and O–H groups in total. The van der Waals surface area contributed by atoms with E-state index in [-0.39, 0.29) is 0 Å². The molecule has 0 radical (unpaired) electrons. The molecule has 0 saturated carbocycles. The molecule has 0 fully saturated rings. The zero-order valence-corrected chi connectivity index (χ0v) is 19.6. The van der Waals surface area contributed by atoms with Crippen molar-refractivity contribution in [3.05, 3.63) is 88.1 Å². The molecule has 0 amide bonds. The fourth-order valence-corrected chi connectivity index (χ4v) is 4.19. The molecular weight excluding hydrogens is 418 g/mol. The van der Waals surface area contributed by atoms with Crippen LogP contribution in [0.1, 0.15) is 23.6 Å². The Balaban J connectivity index is 1.74. The average Bonchev–Trinajstić information content (AvgIpc) is 3.47. The van der Waals surface area contributed by atoms with Crippen LogP contribution in [0.4, 0.5) is 0 Å². The maximum absolute atomic E-state index is 5.18. The van der Waals surface area contributed by atoms with E-state index in [0.29, 0.717) is 13.2 Å². The third kappa shape index (κ3) is 4.79. The van der Waals surface area contributed by atoms with Crippen LogP contribution >= 0.6 is 11.3 Å². The fraction of sp³-hybridized carbons (Fsp3) is 0.240. The van der Waals surface area contributed by atoms with E-state index in [2.05, 4.69) is 66.7 Å². The molecule has 7 heteroatoms. The van der Waals surface area contributed by atoms with E-state index < -0.39 is 0 Å². The van der Waals surface area contributed by atoms with Gasteiger partial charge in [0, 0.05) is 36.1 Å². The molecule has 0 saturated heterocycles. The van der Waals surface area contributed by atoms with Gasteiger partial charge in [0.2, 0.25) is 4.80 Å². The number of hydrogen-bond acceptors (Lipinski definition) is 5. The first-order chi connectivity index (χ1) is 15.6. The summed E-state index contributed by atoms with van der Waals surface area (Å²) in [6.45, 7) is 7.46. The molecule has 0 atom stereocenters. The van der Waals surface area contributed by atoms with Gasteiger partial charge in [0.05, 0.1) is 30.9 Å². The standard InChI is InChI=1S/C25H27N5OS/c1-18-5-6-22(15-19(18)2)24-16-32-25(27-12-14-31-4)30(24)28-20(3)21-7-9-23(10-8-21)29-13-11-26-17-29/h5-11,13,15-17H,12,14H2,1-4H3/b27-25?,28-20+. The smallest absolute Gasteiger partial charge is 0.206 e. The number of thiazole rings is 1. The van der Waals surface area contributed by atoms with E-state index in [1.54, 1.807) is 31.0 Å². The minimum absolute atomic E-state index is 0.579. The summed E-state index contributed by atoms with van der Waals surface area (Å²) in [6.07, 6.45) is 5.50. The highest BCUT2D eigenvalue weighted by molar-refractivity contribution is 7.07. The molecule has 164 valence electrons. The number of methoxy groups -OCH3 is 1. The highest BCUT2D eigenvalue weighted by atomic mass is 32.1. The normalized spacial score (nSPS) is 12.5. The first-order valence-corrected chi connectivity index (χ1v) is 11.4. The van der Waals surface area contributed by atoms with E-state index >= 15 is 0 Å². The Morgan fingerprint density at radius 3 is 2.59 bits per heavy atom. The second-order valence-electron chi connectivity index (χ2n) is 7.59. The fourth-order valence-electron chi connectivity index (χ4n) is 3.33. The van der Waals surface area contributed by atoms with Crippen LogP contribution in [0.15, 0.2) is 76.7 Å². The van der Waals surface area contributed by atoms with Crippen LogP contribution in [0.25, 0.3) is 16.9 Å². The summed E-state index contributed by atoms with van der Waals surface area (Å²) in [7, 11) is 1.69. The number of imidazole rings is 1. The predicted octanol–water partition coefficient (Wildman–Crippen LogP) is 4.84. The zero-order valence-electron chi connectivity index (χ0n) is 18.8. The summed E-state index contributed by atoms with van der Waals surface area (Å²) in [5.41, 5.74) is 7.73. The Morgan fingerprint density at radius 1 is 1.09 bits per heavy atom. The lowest BCUT2D eigenvalue weighted by Gasteiger charge is -2.09. The Bertz CT molecular complexity index is 1280. The molecule has 0 unspecified atom stereocenters. The summed E-state index contributed by atoms with van der Waals surface area (Å²) >= 11 is 1.59. The van der Waals surface area contributed by atoms with Gasteiger partial charge in [-0.3, -0.25) is 4.99 Å². The van der Waals surface area contributed by atoms with Gasteiger partial charge in [0.1, 0.15) is 0 Å². The number of rotatable bonds is 7. The number of ether oxygens (including phenoxy) is 1. The Kier molecular flexibility index (Phi) is 6.78. The molecule has 0 aliphatic heterocycles. The predicted molar refractivity (Wildman–Crippen MR) is 131 cm³/mol. The lowest BCUT2D eigenvalue weighted by Crippen LogP contribution is -2.15. The zero-order chi connectivity index (χ0) is 22.5. The monoisotopic (exact) mass is 445 g/mol. The van der Waals surface area contributed by atoms with Crippen molar-refractivity contribution >= 4 is 17.0 Å². The van der Waals surface area contributed by atoms with Crippen LogP contribution < -0.4 is 4.80 Å². The summed E-state index contributed by atoms with van der Waals surface area (Å²) in [6, 6.07) is 14.8. The lowest BCUT2D eigenvalue weighted by molar-refractivity contribution is 0.207. The van der Waals surface area contributed by atoms with E-state index in [1.165, 1.54) is 11.1 Å². The van der Waals surface area contributed by atoms with E-state index in [4.69, 9.17) is 14.8 Å². The maximum atomic E-state index is 5.18. The number of aromatic nitrogens is 3. The molecule has 2 aromatic carbocycles. The van der Waals surface area contributed by atoms with Crippen LogP contribution in [0.2, 0.25) is 0 Å². The molecule has 0 aliphatic carbocycles. The van der Waals surface area contributed by atoms with Gasteiger partial charge in [0.25, 0.3) is 0 Å². The molecular formula is C25H27N5OS. The largest absolute Gasteiger partial charge is 0.383 e. The maximum Gasteiger partial charge on any atom is 0.206 e. The molecule has 0 aliphatic rings. The van der Waals surface area contributed by atoms with Crippen molar-refractivity contribution < 1.29 is 4.74 Å². The summed E-state index contributed by atoms with van der Waals surface area (Å²) in [5, 5.41) is 7.10. The van der Waals surface area contributed by atoms with Gasteiger partial charge in [-0.2, -0.15) is 5.10 Å². The van der Waals surface area contributed by atoms with Gasteiger partial charge < -0.3 is 9.30 Å². The molecule has 0 spiro atoms. The second-order valence-corrected chi connectivity index (χ2v) is 8.43. The molecule has 2 heterocycles. The van der Waals surface area contributed by atoms with Gasteiger partial charge in [-0.05, 0) is 55.7 Å². The third-order valence-corrected chi connectivity index (χ3v) is 6.22. The van der Waals surface area contributed by atoms with Gasteiger partial charge in [-0.1, -0.05) is 24.3 Å². The SMILES string of the molecule is COCCN=c1scc(-c2ccc(C)c(C)c2)n1/N=C(\C)c1ccc(-n2ccnc2)cc1. The Labute approximate surface area is 192 Å². The van der Waals surface area contributed by atoms with Crippen LogP contribution in [-0.4, -0.2) is 40.2 Å². The molecule has 4 aromatic rings. The van der Waals surface area contributed by atoms with Gasteiger partial charge in [0.15, 0.2) is 0 Å². The van der Waals surface area contributed by atoms with Crippen molar-refractivity contribution in [2.24, 2.45) is 10.1 Å². The van der Waals surface area contributed by atoms with Crippen molar-refractivity contribution in [1.29, 1.82) is 0 Å². The quantitative estimate of drug-likeness (QED) is 0.302. The van der Waals surface area contributed by atoms with Crippen LogP contribution in [0.5, 0.6) is 0 Å². The van der Waals surface area contributed by atoms with Crippen molar-refractivity contribution in [3.63, 3.8) is 0 Å². The summed E-state index contributed by atoms with van der Waals surface area (Å²) in [5.74, 6) is 0. The minimum Gasteiger partial charge on any atom is -0.383 e. The second kappa shape index (κ2) is 9.89. The minimum atomic E-state index is 0.579.